The summed E-state index contributed by atoms with van der Waals surface area (Å²) in [5.41, 5.74) is 0. The maximum Gasteiger partial charge on any atom is 0.317 e. The number of rotatable bonds is 5. The molecule has 2 N–H and O–H groups in total. The van der Waals surface area contributed by atoms with E-state index in [0.717, 1.165) is 6.42 Å². The second-order valence-corrected chi connectivity index (χ2v) is 5.00. The molecule has 1 unspecified atom stereocenters. The van der Waals surface area contributed by atoms with Crippen molar-refractivity contribution in [2.24, 2.45) is 5.92 Å². The second kappa shape index (κ2) is 7.72. The molecule has 7 heteroatoms. The van der Waals surface area contributed by atoms with Gasteiger partial charge in [0.1, 0.15) is 0 Å². The number of hydrogen-bond donors (Lipinski definition) is 2. The van der Waals surface area contributed by atoms with Gasteiger partial charge in [-0.2, -0.15) is 0 Å². The first-order chi connectivity index (χ1) is 9.45. The minimum Gasteiger partial charge on any atom is -0.481 e. The molecule has 7 nitrogen and oxygen atoms in total. The molecular formula is C13H23N3O4. The lowest BCUT2D eigenvalue weighted by atomic mass is 10.0. The second-order valence-electron chi connectivity index (χ2n) is 5.00. The van der Waals surface area contributed by atoms with Crippen LogP contribution in [0.4, 0.5) is 4.79 Å². The monoisotopic (exact) mass is 285 g/mol. The molecule has 20 heavy (non-hydrogen) atoms. The van der Waals surface area contributed by atoms with Crippen LogP contribution in [-0.4, -0.2) is 65.5 Å². The Labute approximate surface area is 118 Å². The standard InChI is InChI=1S/C13H23N3O4/c1-3-4-11(12(18)19)9-14-13(20)16-7-5-15(6-8-16)10(2)17/h11H,3-9H2,1-2H3,(H,14,20)(H,18,19). The lowest BCUT2D eigenvalue weighted by molar-refractivity contribution is -0.141. The van der Waals surface area contributed by atoms with Crippen LogP contribution in [0.15, 0.2) is 0 Å². The number of urea groups is 1. The molecule has 1 saturated heterocycles. The van der Waals surface area contributed by atoms with Gasteiger partial charge in [-0.3, -0.25) is 9.59 Å². The minimum absolute atomic E-state index is 0.0129. The predicted molar refractivity (Wildman–Crippen MR) is 73.3 cm³/mol. The Hall–Kier alpha value is -1.79. The van der Waals surface area contributed by atoms with Crippen LogP contribution in [0.3, 0.4) is 0 Å². The van der Waals surface area contributed by atoms with Crippen molar-refractivity contribution in [2.45, 2.75) is 26.7 Å². The number of amides is 3. The highest BCUT2D eigenvalue weighted by atomic mass is 16.4. The molecule has 1 heterocycles. The largest absolute Gasteiger partial charge is 0.481 e. The third-order valence-electron chi connectivity index (χ3n) is 3.50. The van der Waals surface area contributed by atoms with Gasteiger partial charge in [-0.15, -0.1) is 0 Å². The third kappa shape index (κ3) is 4.71. The van der Waals surface area contributed by atoms with Gasteiger partial charge in [-0.25, -0.2) is 4.79 Å². The van der Waals surface area contributed by atoms with Gasteiger partial charge in [0.15, 0.2) is 0 Å². The van der Waals surface area contributed by atoms with Crippen molar-refractivity contribution in [3.63, 3.8) is 0 Å². The number of nitrogens with zero attached hydrogens (tertiary/aromatic N) is 2. The number of aliphatic carboxylic acids is 1. The fourth-order valence-electron chi connectivity index (χ4n) is 2.21. The molecule has 1 aliphatic rings. The van der Waals surface area contributed by atoms with Crippen molar-refractivity contribution >= 4 is 17.9 Å². The van der Waals surface area contributed by atoms with E-state index in [1.807, 2.05) is 6.92 Å². The molecule has 0 aromatic rings. The molecule has 1 fully saturated rings. The molecule has 114 valence electrons. The summed E-state index contributed by atoms with van der Waals surface area (Å²) in [4.78, 5) is 37.4. The van der Waals surface area contributed by atoms with Crippen molar-refractivity contribution in [2.75, 3.05) is 32.7 Å². The van der Waals surface area contributed by atoms with Gasteiger partial charge in [0.2, 0.25) is 5.91 Å². The fourth-order valence-corrected chi connectivity index (χ4v) is 2.21. The molecule has 0 bridgehead atoms. The first-order valence-corrected chi connectivity index (χ1v) is 6.96. The van der Waals surface area contributed by atoms with Crippen LogP contribution >= 0.6 is 0 Å². The van der Waals surface area contributed by atoms with Crippen molar-refractivity contribution in [3.05, 3.63) is 0 Å². The molecule has 0 aromatic carbocycles. The fraction of sp³-hybridized carbons (Fsp3) is 0.769. The Bertz CT molecular complexity index is 365. The van der Waals surface area contributed by atoms with E-state index in [2.05, 4.69) is 5.32 Å². The van der Waals surface area contributed by atoms with E-state index in [0.29, 0.717) is 32.6 Å². The van der Waals surface area contributed by atoms with Gasteiger partial charge in [0, 0.05) is 39.6 Å². The number of carbonyl (C=O) groups is 3. The van der Waals surface area contributed by atoms with E-state index in [-0.39, 0.29) is 18.5 Å². The van der Waals surface area contributed by atoms with Crippen molar-refractivity contribution in [1.29, 1.82) is 0 Å². The van der Waals surface area contributed by atoms with Gasteiger partial charge in [0.05, 0.1) is 5.92 Å². The molecule has 0 saturated carbocycles. The highest BCUT2D eigenvalue weighted by molar-refractivity contribution is 5.77. The van der Waals surface area contributed by atoms with Crippen LogP contribution in [-0.2, 0) is 9.59 Å². The van der Waals surface area contributed by atoms with Gasteiger partial charge < -0.3 is 20.2 Å². The Balaban J connectivity index is 2.36. The lowest BCUT2D eigenvalue weighted by Gasteiger charge is -2.34. The number of nitrogens with one attached hydrogen (secondary N) is 1. The zero-order valence-corrected chi connectivity index (χ0v) is 12.1. The van der Waals surface area contributed by atoms with E-state index in [1.54, 1.807) is 9.80 Å². The van der Waals surface area contributed by atoms with Crippen molar-refractivity contribution in [1.82, 2.24) is 15.1 Å². The summed E-state index contributed by atoms with van der Waals surface area (Å²) in [6.07, 6.45) is 1.32. The van der Waals surface area contributed by atoms with Gasteiger partial charge in [0.25, 0.3) is 0 Å². The summed E-state index contributed by atoms with van der Waals surface area (Å²) in [7, 11) is 0. The summed E-state index contributed by atoms with van der Waals surface area (Å²) in [5.74, 6) is -1.41. The van der Waals surface area contributed by atoms with Gasteiger partial charge >= 0.3 is 12.0 Å². The molecule has 0 spiro atoms. The van der Waals surface area contributed by atoms with Crippen molar-refractivity contribution in [3.8, 4) is 0 Å². The van der Waals surface area contributed by atoms with Crippen LogP contribution in [0.25, 0.3) is 0 Å². The van der Waals surface area contributed by atoms with E-state index >= 15 is 0 Å². The summed E-state index contributed by atoms with van der Waals surface area (Å²) >= 11 is 0. The number of hydrogen-bond acceptors (Lipinski definition) is 3. The number of carboxylic acid groups (broad SMARTS) is 1. The van der Waals surface area contributed by atoms with E-state index in [1.165, 1.54) is 6.92 Å². The van der Waals surface area contributed by atoms with Crippen LogP contribution in [0.2, 0.25) is 0 Å². The van der Waals surface area contributed by atoms with E-state index in [4.69, 9.17) is 5.11 Å². The molecular weight excluding hydrogens is 262 g/mol. The number of carbonyl (C=O) groups excluding carboxylic acids is 2. The van der Waals surface area contributed by atoms with Gasteiger partial charge in [-0.05, 0) is 6.42 Å². The maximum atomic E-state index is 11.9. The minimum atomic E-state index is -0.881. The smallest absolute Gasteiger partial charge is 0.317 e. The molecule has 0 aliphatic carbocycles. The van der Waals surface area contributed by atoms with E-state index in [9.17, 15) is 14.4 Å². The first kappa shape index (κ1) is 16.3. The van der Waals surface area contributed by atoms with Crippen molar-refractivity contribution < 1.29 is 19.5 Å². The Morgan fingerprint density at radius 1 is 1.15 bits per heavy atom. The number of carboxylic acids is 1. The average Bonchev–Trinajstić information content (AvgIpc) is 2.42. The normalized spacial score (nSPS) is 16.7. The molecule has 0 aromatic heterocycles. The Morgan fingerprint density at radius 3 is 2.15 bits per heavy atom. The average molecular weight is 285 g/mol. The summed E-state index contributed by atoms with van der Waals surface area (Å²) in [5, 5.41) is 11.7. The maximum absolute atomic E-state index is 11.9. The lowest BCUT2D eigenvalue weighted by Crippen LogP contribution is -2.53. The summed E-state index contributed by atoms with van der Waals surface area (Å²) < 4.78 is 0. The van der Waals surface area contributed by atoms with Crippen LogP contribution in [0.1, 0.15) is 26.7 Å². The molecule has 3 amide bonds. The van der Waals surface area contributed by atoms with Gasteiger partial charge in [-0.1, -0.05) is 13.3 Å². The summed E-state index contributed by atoms with van der Waals surface area (Å²) in [6, 6.07) is -0.254. The predicted octanol–water partition coefficient (Wildman–Crippen LogP) is 0.361. The van der Waals surface area contributed by atoms with Crippen LogP contribution in [0.5, 0.6) is 0 Å². The van der Waals surface area contributed by atoms with E-state index < -0.39 is 11.9 Å². The number of piperazine rings is 1. The zero-order chi connectivity index (χ0) is 15.1. The van der Waals surface area contributed by atoms with Crippen LogP contribution in [0, 0.1) is 5.92 Å². The molecule has 1 rings (SSSR count). The third-order valence-corrected chi connectivity index (χ3v) is 3.50. The SMILES string of the molecule is CCCC(CNC(=O)N1CCN(C(C)=O)CC1)C(=O)O. The molecule has 1 atom stereocenters. The Morgan fingerprint density at radius 2 is 1.70 bits per heavy atom. The summed E-state index contributed by atoms with van der Waals surface area (Å²) in [6.45, 7) is 5.60. The first-order valence-electron chi connectivity index (χ1n) is 6.96. The molecule has 0 radical (unpaired) electrons. The Kier molecular flexibility index (Phi) is 6.27. The highest BCUT2D eigenvalue weighted by Crippen LogP contribution is 2.06. The quantitative estimate of drug-likeness (QED) is 0.763. The highest BCUT2D eigenvalue weighted by Gasteiger charge is 2.23. The topological polar surface area (TPSA) is 90.0 Å². The van der Waals surface area contributed by atoms with Crippen LogP contribution < -0.4 is 5.32 Å². The zero-order valence-electron chi connectivity index (χ0n) is 12.1. The molecule has 1 aliphatic heterocycles.